The van der Waals surface area contributed by atoms with E-state index in [1.54, 1.807) is 41.3 Å². The lowest BCUT2D eigenvalue weighted by atomic mass is 10.1. The minimum Gasteiger partial charge on any atom is -0.496 e. The lowest BCUT2D eigenvalue weighted by Gasteiger charge is -2.25. The molecule has 0 aliphatic heterocycles. The average molecular weight is 343 g/mol. The van der Waals surface area contributed by atoms with Crippen LogP contribution < -0.4 is 9.64 Å². The molecule has 0 atom stereocenters. The Morgan fingerprint density at radius 1 is 1.08 bits per heavy atom. The van der Waals surface area contributed by atoms with Crippen LogP contribution in [0.1, 0.15) is 10.4 Å². The van der Waals surface area contributed by atoms with Crippen LogP contribution in [-0.4, -0.2) is 50.0 Å². The lowest BCUT2D eigenvalue weighted by Crippen LogP contribution is -2.37. The summed E-state index contributed by atoms with van der Waals surface area (Å²) in [6.07, 6.45) is 0. The summed E-state index contributed by atoms with van der Waals surface area (Å²) >= 11 is 0. The van der Waals surface area contributed by atoms with Crippen LogP contribution in [0.2, 0.25) is 0 Å². The number of para-hydroxylation sites is 1. The van der Waals surface area contributed by atoms with Crippen molar-refractivity contribution < 1.29 is 14.5 Å². The summed E-state index contributed by atoms with van der Waals surface area (Å²) in [5, 5.41) is 10.8. The molecule has 0 bridgehead atoms. The molecule has 0 spiro atoms. The molecular formula is C18H21N3O4. The monoisotopic (exact) mass is 343 g/mol. The van der Waals surface area contributed by atoms with Gasteiger partial charge < -0.3 is 14.5 Å². The van der Waals surface area contributed by atoms with E-state index in [-0.39, 0.29) is 11.6 Å². The largest absolute Gasteiger partial charge is 0.496 e. The third-order valence-corrected chi connectivity index (χ3v) is 3.73. The number of likely N-dealkylation sites (N-methyl/N-ethyl adjacent to an activating group) is 1. The number of non-ortho nitro benzene ring substituents is 1. The molecular weight excluding hydrogens is 322 g/mol. The summed E-state index contributed by atoms with van der Waals surface area (Å²) in [4.78, 5) is 27.0. The number of anilines is 1. The lowest BCUT2D eigenvalue weighted by molar-refractivity contribution is -0.384. The molecule has 0 heterocycles. The molecule has 132 valence electrons. The average Bonchev–Trinajstić information content (AvgIpc) is 2.61. The highest BCUT2D eigenvalue weighted by Crippen LogP contribution is 2.25. The normalized spacial score (nSPS) is 10.6. The van der Waals surface area contributed by atoms with Crippen molar-refractivity contribution >= 4 is 17.3 Å². The van der Waals surface area contributed by atoms with Crippen molar-refractivity contribution in [3.63, 3.8) is 0 Å². The minimum atomic E-state index is -0.462. The third-order valence-electron chi connectivity index (χ3n) is 3.73. The maximum Gasteiger partial charge on any atom is 0.269 e. The first kappa shape index (κ1) is 18.4. The highest BCUT2D eigenvalue weighted by molar-refractivity contribution is 6.08. The summed E-state index contributed by atoms with van der Waals surface area (Å²) in [5.74, 6) is 0.275. The Morgan fingerprint density at radius 2 is 1.72 bits per heavy atom. The fourth-order valence-electron chi connectivity index (χ4n) is 2.37. The molecule has 0 radical (unpaired) electrons. The molecule has 0 unspecified atom stereocenters. The van der Waals surface area contributed by atoms with Gasteiger partial charge in [-0.15, -0.1) is 0 Å². The Kier molecular flexibility index (Phi) is 6.08. The highest BCUT2D eigenvalue weighted by Gasteiger charge is 2.21. The van der Waals surface area contributed by atoms with Crippen LogP contribution in [0, 0.1) is 10.1 Å². The van der Waals surface area contributed by atoms with E-state index in [2.05, 4.69) is 0 Å². The molecule has 0 aromatic heterocycles. The van der Waals surface area contributed by atoms with Crippen molar-refractivity contribution in [2.75, 3.05) is 39.2 Å². The number of nitro groups is 1. The Bertz CT molecular complexity index is 744. The van der Waals surface area contributed by atoms with Crippen LogP contribution in [0.4, 0.5) is 11.4 Å². The number of rotatable bonds is 7. The molecule has 0 aliphatic carbocycles. The van der Waals surface area contributed by atoms with Crippen molar-refractivity contribution in [3.8, 4) is 5.75 Å². The van der Waals surface area contributed by atoms with Crippen LogP contribution in [0.15, 0.2) is 48.5 Å². The molecule has 0 fully saturated rings. The van der Waals surface area contributed by atoms with Crippen LogP contribution in [0.25, 0.3) is 0 Å². The second kappa shape index (κ2) is 8.25. The van der Waals surface area contributed by atoms with Crippen molar-refractivity contribution in [1.29, 1.82) is 0 Å². The fraction of sp³-hybridized carbons (Fsp3) is 0.278. The molecule has 7 nitrogen and oxygen atoms in total. The molecule has 0 saturated heterocycles. The predicted octanol–water partition coefficient (Wildman–Crippen LogP) is 2.81. The molecule has 0 N–H and O–H groups in total. The first-order valence-corrected chi connectivity index (χ1v) is 7.78. The molecule has 25 heavy (non-hydrogen) atoms. The maximum absolute atomic E-state index is 13.0. The Balaban J connectivity index is 2.37. The zero-order chi connectivity index (χ0) is 18.4. The number of hydrogen-bond acceptors (Lipinski definition) is 5. The number of carbonyl (C=O) groups excluding carboxylic acids is 1. The molecule has 0 aliphatic rings. The predicted molar refractivity (Wildman–Crippen MR) is 96.3 cm³/mol. The number of methoxy groups -OCH3 is 1. The van der Waals surface area contributed by atoms with Crippen molar-refractivity contribution in [2.24, 2.45) is 0 Å². The van der Waals surface area contributed by atoms with E-state index < -0.39 is 4.92 Å². The van der Waals surface area contributed by atoms with E-state index in [0.29, 0.717) is 30.1 Å². The molecule has 0 saturated carbocycles. The SMILES string of the molecule is COc1ccccc1C(=O)N(CCN(C)C)c1ccc([N+](=O)[O-])cc1. The standard InChI is InChI=1S/C18H21N3O4/c1-19(2)12-13-20(14-8-10-15(11-9-14)21(23)24)18(22)16-6-4-5-7-17(16)25-3/h4-11H,12-13H2,1-3H3. The molecule has 2 aromatic rings. The van der Waals surface area contributed by atoms with E-state index in [0.717, 1.165) is 0 Å². The second-order valence-corrected chi connectivity index (χ2v) is 5.73. The summed E-state index contributed by atoms with van der Waals surface area (Å²) in [6.45, 7) is 1.10. The van der Waals surface area contributed by atoms with E-state index in [1.165, 1.54) is 19.2 Å². The van der Waals surface area contributed by atoms with Gasteiger partial charge in [0.25, 0.3) is 11.6 Å². The van der Waals surface area contributed by atoms with E-state index in [9.17, 15) is 14.9 Å². The number of ether oxygens (including phenoxy) is 1. The highest BCUT2D eigenvalue weighted by atomic mass is 16.6. The number of nitro benzene ring substituents is 1. The molecule has 2 aromatic carbocycles. The number of hydrogen-bond donors (Lipinski definition) is 0. The summed E-state index contributed by atoms with van der Waals surface area (Å²) < 4.78 is 5.28. The smallest absolute Gasteiger partial charge is 0.269 e. The van der Waals surface area contributed by atoms with Gasteiger partial charge >= 0.3 is 0 Å². The van der Waals surface area contributed by atoms with Gasteiger partial charge in [-0.05, 0) is 38.4 Å². The van der Waals surface area contributed by atoms with Crippen LogP contribution in [0.5, 0.6) is 5.75 Å². The van der Waals surface area contributed by atoms with Gasteiger partial charge in [0.2, 0.25) is 0 Å². The third kappa shape index (κ3) is 4.54. The van der Waals surface area contributed by atoms with Gasteiger partial charge in [0, 0.05) is 30.9 Å². The number of carbonyl (C=O) groups is 1. The van der Waals surface area contributed by atoms with Gasteiger partial charge in [0.1, 0.15) is 5.75 Å². The van der Waals surface area contributed by atoms with Gasteiger partial charge in [-0.3, -0.25) is 14.9 Å². The molecule has 2 rings (SSSR count). The van der Waals surface area contributed by atoms with Crippen molar-refractivity contribution in [1.82, 2.24) is 4.90 Å². The zero-order valence-corrected chi connectivity index (χ0v) is 14.5. The van der Waals surface area contributed by atoms with Crippen LogP contribution in [0.3, 0.4) is 0 Å². The van der Waals surface area contributed by atoms with E-state index in [4.69, 9.17) is 4.74 Å². The van der Waals surface area contributed by atoms with E-state index in [1.807, 2.05) is 19.0 Å². The molecule has 7 heteroatoms. The van der Waals surface area contributed by atoms with Gasteiger partial charge in [0.05, 0.1) is 17.6 Å². The summed E-state index contributed by atoms with van der Waals surface area (Å²) in [5.41, 5.74) is 1.03. The number of benzene rings is 2. The number of nitrogens with zero attached hydrogens (tertiary/aromatic N) is 3. The number of amides is 1. The Hall–Kier alpha value is -2.93. The van der Waals surface area contributed by atoms with Gasteiger partial charge in [-0.2, -0.15) is 0 Å². The zero-order valence-electron chi connectivity index (χ0n) is 14.5. The fourth-order valence-corrected chi connectivity index (χ4v) is 2.37. The topological polar surface area (TPSA) is 75.9 Å². The summed E-state index contributed by atoms with van der Waals surface area (Å²) in [6, 6.07) is 13.0. The minimum absolute atomic E-state index is 0.0129. The van der Waals surface area contributed by atoms with Crippen molar-refractivity contribution in [2.45, 2.75) is 0 Å². The van der Waals surface area contributed by atoms with E-state index >= 15 is 0 Å². The quantitative estimate of drug-likeness (QED) is 0.571. The van der Waals surface area contributed by atoms with Gasteiger partial charge in [-0.1, -0.05) is 12.1 Å². The van der Waals surface area contributed by atoms with Crippen LogP contribution in [-0.2, 0) is 0 Å². The van der Waals surface area contributed by atoms with Crippen molar-refractivity contribution in [3.05, 3.63) is 64.2 Å². The maximum atomic E-state index is 13.0. The molecule has 1 amide bonds. The van der Waals surface area contributed by atoms with Gasteiger partial charge in [0.15, 0.2) is 0 Å². The summed E-state index contributed by atoms with van der Waals surface area (Å²) in [7, 11) is 5.35. The van der Waals surface area contributed by atoms with Crippen LogP contribution >= 0.6 is 0 Å². The first-order chi connectivity index (χ1) is 11.9. The Morgan fingerprint density at radius 3 is 2.28 bits per heavy atom. The van der Waals surface area contributed by atoms with Gasteiger partial charge in [-0.25, -0.2) is 0 Å². The second-order valence-electron chi connectivity index (χ2n) is 5.73. The Labute approximate surface area is 146 Å². The first-order valence-electron chi connectivity index (χ1n) is 7.78.